The zero-order chi connectivity index (χ0) is 16.8. The van der Waals surface area contributed by atoms with E-state index in [-0.39, 0.29) is 5.91 Å². The van der Waals surface area contributed by atoms with E-state index in [1.165, 1.54) is 0 Å². The van der Waals surface area contributed by atoms with Gasteiger partial charge < -0.3 is 14.0 Å². The van der Waals surface area contributed by atoms with E-state index in [9.17, 15) is 4.79 Å². The molecule has 3 aromatic heterocycles. The van der Waals surface area contributed by atoms with Gasteiger partial charge >= 0.3 is 0 Å². The number of hydrogen-bond acceptors (Lipinski definition) is 4. The van der Waals surface area contributed by atoms with Crippen molar-refractivity contribution in [3.8, 4) is 11.5 Å². The fourth-order valence-electron chi connectivity index (χ4n) is 3.29. The Kier molecular flexibility index (Phi) is 3.26. The highest BCUT2D eigenvalue weighted by Gasteiger charge is 2.29. The van der Waals surface area contributed by atoms with E-state index < -0.39 is 0 Å². The largest absolute Gasteiger partial charge is 0.347 e. The molecule has 0 unspecified atom stereocenters. The van der Waals surface area contributed by atoms with Crippen molar-refractivity contribution in [2.75, 3.05) is 6.54 Å². The Morgan fingerprint density at radius 2 is 2.04 bits per heavy atom. The smallest absolute Gasteiger partial charge is 0.270 e. The SMILES string of the molecule is Cn1cccc1C(=O)N1CCc2c(c(-c3nncn3C)nn2C)C1. The van der Waals surface area contributed by atoms with Crippen molar-refractivity contribution < 1.29 is 4.79 Å². The molecule has 1 aliphatic rings. The van der Waals surface area contributed by atoms with Gasteiger partial charge in [0.05, 0.1) is 6.54 Å². The first kappa shape index (κ1) is 14.7. The van der Waals surface area contributed by atoms with Crippen LogP contribution in [0.5, 0.6) is 0 Å². The van der Waals surface area contributed by atoms with Gasteiger partial charge in [-0.2, -0.15) is 5.10 Å². The molecule has 24 heavy (non-hydrogen) atoms. The van der Waals surface area contributed by atoms with E-state index >= 15 is 0 Å². The summed E-state index contributed by atoms with van der Waals surface area (Å²) in [5, 5.41) is 12.7. The molecule has 3 aromatic rings. The third-order valence-corrected chi connectivity index (χ3v) is 4.62. The van der Waals surface area contributed by atoms with Crippen molar-refractivity contribution in [1.29, 1.82) is 0 Å². The van der Waals surface area contributed by atoms with Crippen LogP contribution in [-0.4, -0.2) is 46.5 Å². The molecule has 0 spiro atoms. The van der Waals surface area contributed by atoms with Gasteiger partial charge in [0.15, 0.2) is 5.82 Å². The second-order valence-electron chi connectivity index (χ2n) is 6.14. The van der Waals surface area contributed by atoms with Crippen molar-refractivity contribution in [3.63, 3.8) is 0 Å². The van der Waals surface area contributed by atoms with Crippen molar-refractivity contribution in [3.05, 3.63) is 41.6 Å². The van der Waals surface area contributed by atoms with Gasteiger partial charge in [-0.15, -0.1) is 10.2 Å². The van der Waals surface area contributed by atoms with Crippen LogP contribution in [0.25, 0.3) is 11.5 Å². The maximum Gasteiger partial charge on any atom is 0.270 e. The molecule has 4 heterocycles. The summed E-state index contributed by atoms with van der Waals surface area (Å²) >= 11 is 0. The molecule has 1 aliphatic heterocycles. The number of hydrogen-bond donors (Lipinski definition) is 0. The van der Waals surface area contributed by atoms with Gasteiger partial charge in [0.2, 0.25) is 0 Å². The number of aryl methyl sites for hydroxylation is 3. The zero-order valence-corrected chi connectivity index (χ0v) is 14.0. The van der Waals surface area contributed by atoms with Gasteiger partial charge in [-0.05, 0) is 12.1 Å². The Morgan fingerprint density at radius 3 is 2.71 bits per heavy atom. The molecule has 0 N–H and O–H groups in total. The normalized spacial score (nSPS) is 14.0. The highest BCUT2D eigenvalue weighted by Crippen LogP contribution is 2.28. The quantitative estimate of drug-likeness (QED) is 0.697. The summed E-state index contributed by atoms with van der Waals surface area (Å²) in [5.74, 6) is 0.765. The van der Waals surface area contributed by atoms with Crippen LogP contribution in [0.4, 0.5) is 0 Å². The number of aromatic nitrogens is 6. The third-order valence-electron chi connectivity index (χ3n) is 4.62. The number of rotatable bonds is 2. The lowest BCUT2D eigenvalue weighted by atomic mass is 10.0. The minimum Gasteiger partial charge on any atom is -0.347 e. The summed E-state index contributed by atoms with van der Waals surface area (Å²) < 4.78 is 5.59. The van der Waals surface area contributed by atoms with Gasteiger partial charge in [0, 0.05) is 51.6 Å². The maximum absolute atomic E-state index is 12.8. The van der Waals surface area contributed by atoms with E-state index in [1.54, 1.807) is 6.33 Å². The number of nitrogens with zero attached hydrogens (tertiary/aromatic N) is 7. The minimum absolute atomic E-state index is 0.0425. The van der Waals surface area contributed by atoms with Crippen LogP contribution < -0.4 is 0 Å². The van der Waals surface area contributed by atoms with Gasteiger partial charge in [-0.1, -0.05) is 0 Å². The number of amides is 1. The van der Waals surface area contributed by atoms with Crippen molar-refractivity contribution in [2.24, 2.45) is 21.1 Å². The maximum atomic E-state index is 12.8. The second-order valence-corrected chi connectivity index (χ2v) is 6.14. The number of carbonyl (C=O) groups excluding carboxylic acids is 1. The predicted octanol–water partition coefficient (Wildman–Crippen LogP) is 0.753. The molecule has 8 heteroatoms. The monoisotopic (exact) mass is 325 g/mol. The van der Waals surface area contributed by atoms with Gasteiger partial charge in [-0.25, -0.2) is 0 Å². The molecule has 0 atom stereocenters. The molecule has 4 rings (SSSR count). The Bertz CT molecular complexity index is 917. The first-order valence-electron chi connectivity index (χ1n) is 7.86. The summed E-state index contributed by atoms with van der Waals surface area (Å²) in [4.78, 5) is 14.7. The van der Waals surface area contributed by atoms with Crippen molar-refractivity contribution >= 4 is 5.91 Å². The summed E-state index contributed by atoms with van der Waals surface area (Å²) in [6.45, 7) is 1.23. The van der Waals surface area contributed by atoms with Crippen LogP contribution in [0.15, 0.2) is 24.7 Å². The molecule has 0 radical (unpaired) electrons. The van der Waals surface area contributed by atoms with Crippen molar-refractivity contribution in [1.82, 2.24) is 34.0 Å². The topological polar surface area (TPSA) is 73.8 Å². The highest BCUT2D eigenvalue weighted by atomic mass is 16.2. The van der Waals surface area contributed by atoms with Gasteiger partial charge in [0.1, 0.15) is 17.7 Å². The molecule has 0 bridgehead atoms. The lowest BCUT2D eigenvalue weighted by Gasteiger charge is -2.27. The standard InChI is InChI=1S/C16H19N7O/c1-20-7-4-5-13(20)16(24)23-8-6-12-11(9-23)14(19-22(12)3)15-18-17-10-21(15)2/h4-5,7,10H,6,8-9H2,1-3H3. The Labute approximate surface area is 139 Å². The van der Waals surface area contributed by atoms with Crippen LogP contribution >= 0.6 is 0 Å². The molecule has 0 fully saturated rings. The van der Waals surface area contributed by atoms with Crippen LogP contribution in [0.3, 0.4) is 0 Å². The molecular formula is C16H19N7O. The third kappa shape index (κ3) is 2.14. The summed E-state index contributed by atoms with van der Waals surface area (Å²) in [6, 6.07) is 3.74. The highest BCUT2D eigenvalue weighted by molar-refractivity contribution is 5.93. The molecule has 0 aliphatic carbocycles. The fourth-order valence-corrected chi connectivity index (χ4v) is 3.29. The van der Waals surface area contributed by atoms with Crippen LogP contribution in [0.2, 0.25) is 0 Å². The van der Waals surface area contributed by atoms with E-state index in [0.29, 0.717) is 18.8 Å². The van der Waals surface area contributed by atoms with Crippen molar-refractivity contribution in [2.45, 2.75) is 13.0 Å². The molecule has 0 saturated carbocycles. The Morgan fingerprint density at radius 1 is 1.21 bits per heavy atom. The first-order chi connectivity index (χ1) is 11.6. The molecular weight excluding hydrogens is 306 g/mol. The average Bonchev–Trinajstić information content (AvgIpc) is 3.26. The number of carbonyl (C=O) groups is 1. The van der Waals surface area contributed by atoms with Gasteiger partial charge in [0.25, 0.3) is 5.91 Å². The lowest BCUT2D eigenvalue weighted by molar-refractivity contribution is 0.0724. The average molecular weight is 325 g/mol. The summed E-state index contributed by atoms with van der Waals surface area (Å²) in [7, 11) is 5.72. The fraction of sp³-hybridized carbons (Fsp3) is 0.375. The molecule has 1 amide bonds. The van der Waals surface area contributed by atoms with Crippen LogP contribution in [-0.2, 0) is 34.1 Å². The minimum atomic E-state index is 0.0425. The predicted molar refractivity (Wildman–Crippen MR) is 87.1 cm³/mol. The second kappa shape index (κ2) is 5.33. The van der Waals surface area contributed by atoms with E-state index in [2.05, 4.69) is 15.3 Å². The molecule has 124 valence electrons. The molecule has 8 nitrogen and oxygen atoms in total. The van der Waals surface area contributed by atoms with E-state index in [0.717, 1.165) is 29.2 Å². The van der Waals surface area contributed by atoms with Gasteiger partial charge in [-0.3, -0.25) is 9.48 Å². The Hall–Kier alpha value is -2.90. The Balaban J connectivity index is 1.71. The van der Waals surface area contributed by atoms with Crippen LogP contribution in [0, 0.1) is 0 Å². The lowest BCUT2D eigenvalue weighted by Crippen LogP contribution is -2.37. The number of fused-ring (bicyclic) bond motifs is 1. The van der Waals surface area contributed by atoms with Crippen LogP contribution in [0.1, 0.15) is 21.7 Å². The summed E-state index contributed by atoms with van der Waals surface area (Å²) in [6.07, 6.45) is 4.33. The van der Waals surface area contributed by atoms with E-state index in [1.807, 2.05) is 58.2 Å². The first-order valence-corrected chi connectivity index (χ1v) is 7.86. The zero-order valence-electron chi connectivity index (χ0n) is 14.0. The molecule has 0 saturated heterocycles. The summed E-state index contributed by atoms with van der Waals surface area (Å²) in [5.41, 5.74) is 3.71. The van der Waals surface area contributed by atoms with E-state index in [4.69, 9.17) is 0 Å². The molecule has 0 aromatic carbocycles.